The summed E-state index contributed by atoms with van der Waals surface area (Å²) in [7, 11) is 2.21. The number of aromatic nitrogens is 1. The molecule has 4 nitrogen and oxygen atoms in total. The first-order valence-electron chi connectivity index (χ1n) is 6.01. The van der Waals surface area contributed by atoms with Gasteiger partial charge in [-0.2, -0.15) is 0 Å². The number of likely N-dealkylation sites (tertiary alicyclic amines) is 1. The van der Waals surface area contributed by atoms with Crippen molar-refractivity contribution in [1.82, 2.24) is 9.88 Å². The summed E-state index contributed by atoms with van der Waals surface area (Å²) in [5.74, 6) is 1.73. The highest BCUT2D eigenvalue weighted by Gasteiger charge is 2.39. The molecule has 0 aliphatic carbocycles. The van der Waals surface area contributed by atoms with Crippen LogP contribution in [0.25, 0.3) is 0 Å². The van der Waals surface area contributed by atoms with Crippen molar-refractivity contribution >= 4 is 23.1 Å². The summed E-state index contributed by atoms with van der Waals surface area (Å²) < 4.78 is 0. The van der Waals surface area contributed by atoms with Gasteiger partial charge in [-0.15, -0.1) is 0 Å². The lowest BCUT2D eigenvalue weighted by Gasteiger charge is -2.21. The van der Waals surface area contributed by atoms with Gasteiger partial charge in [0.2, 0.25) is 0 Å². The number of nitrogens with two attached hydrogens (primary N) is 1. The van der Waals surface area contributed by atoms with Gasteiger partial charge in [0.15, 0.2) is 0 Å². The van der Waals surface area contributed by atoms with Crippen LogP contribution < -0.4 is 10.6 Å². The molecule has 3 heterocycles. The second kappa shape index (κ2) is 4.03. The first-order valence-corrected chi connectivity index (χ1v) is 6.39. The summed E-state index contributed by atoms with van der Waals surface area (Å²) >= 11 is 5.89. The third-order valence-corrected chi connectivity index (χ3v) is 4.34. The number of halogens is 1. The number of pyridine rings is 1. The predicted octanol–water partition coefficient (Wildman–Crippen LogP) is 1.46. The molecule has 0 spiro atoms. The standard InChI is InChI=1S/C12H17ClN4/c1-16-3-2-8-6-17(7-11(8)16)12-4-10(14)9(13)5-15-12/h4-5,8,11H,2-3,6-7H2,1H3,(H2,14,15). The molecule has 2 unspecified atom stereocenters. The van der Waals surface area contributed by atoms with E-state index in [-0.39, 0.29) is 0 Å². The lowest BCUT2D eigenvalue weighted by Crippen LogP contribution is -2.32. The highest BCUT2D eigenvalue weighted by Crippen LogP contribution is 2.33. The zero-order valence-corrected chi connectivity index (χ0v) is 10.7. The van der Waals surface area contributed by atoms with Crippen LogP contribution in [-0.4, -0.2) is 42.6 Å². The molecule has 2 N–H and O–H groups in total. The number of hydrogen-bond donors (Lipinski definition) is 1. The fraction of sp³-hybridized carbons (Fsp3) is 0.583. The summed E-state index contributed by atoms with van der Waals surface area (Å²) in [6.07, 6.45) is 2.94. The molecule has 5 heteroatoms. The second-order valence-corrected chi connectivity index (χ2v) is 5.47. The van der Waals surface area contributed by atoms with Crippen LogP contribution in [0.4, 0.5) is 11.5 Å². The Kier molecular flexibility index (Phi) is 2.64. The van der Waals surface area contributed by atoms with Crippen LogP contribution in [0.5, 0.6) is 0 Å². The Labute approximate surface area is 106 Å². The molecule has 0 bridgehead atoms. The van der Waals surface area contributed by atoms with Gasteiger partial charge in [-0.3, -0.25) is 0 Å². The van der Waals surface area contributed by atoms with Gasteiger partial charge in [0.1, 0.15) is 5.82 Å². The number of rotatable bonds is 1. The maximum absolute atomic E-state index is 5.89. The molecule has 92 valence electrons. The summed E-state index contributed by atoms with van der Waals surface area (Å²) in [6.45, 7) is 3.36. The summed E-state index contributed by atoms with van der Waals surface area (Å²) in [5.41, 5.74) is 6.44. The fourth-order valence-electron chi connectivity index (χ4n) is 2.98. The van der Waals surface area contributed by atoms with Crippen molar-refractivity contribution in [1.29, 1.82) is 0 Å². The zero-order valence-electron chi connectivity index (χ0n) is 9.93. The molecule has 2 aliphatic rings. The first kappa shape index (κ1) is 11.1. The third-order valence-electron chi connectivity index (χ3n) is 4.02. The molecule has 0 amide bonds. The van der Waals surface area contributed by atoms with Gasteiger partial charge in [0, 0.05) is 31.4 Å². The maximum Gasteiger partial charge on any atom is 0.130 e. The quantitative estimate of drug-likeness (QED) is 0.822. The van der Waals surface area contributed by atoms with Gasteiger partial charge >= 0.3 is 0 Å². The first-order chi connectivity index (χ1) is 8.15. The van der Waals surface area contributed by atoms with E-state index in [1.807, 2.05) is 6.07 Å². The van der Waals surface area contributed by atoms with Crippen molar-refractivity contribution < 1.29 is 0 Å². The zero-order chi connectivity index (χ0) is 12.0. The van der Waals surface area contributed by atoms with E-state index in [4.69, 9.17) is 17.3 Å². The Morgan fingerprint density at radius 1 is 1.47 bits per heavy atom. The molecule has 2 saturated heterocycles. The molecular weight excluding hydrogens is 236 g/mol. The van der Waals surface area contributed by atoms with E-state index in [2.05, 4.69) is 21.8 Å². The smallest absolute Gasteiger partial charge is 0.130 e. The highest BCUT2D eigenvalue weighted by atomic mass is 35.5. The molecule has 0 aromatic carbocycles. The van der Waals surface area contributed by atoms with Crippen LogP contribution in [0.2, 0.25) is 5.02 Å². The summed E-state index contributed by atoms with van der Waals surface area (Å²) in [5, 5.41) is 0.533. The van der Waals surface area contributed by atoms with Gasteiger partial charge in [-0.25, -0.2) is 4.98 Å². The van der Waals surface area contributed by atoms with Crippen molar-refractivity contribution in [2.24, 2.45) is 5.92 Å². The predicted molar refractivity (Wildman–Crippen MR) is 70.4 cm³/mol. The lowest BCUT2D eigenvalue weighted by atomic mass is 10.1. The summed E-state index contributed by atoms with van der Waals surface area (Å²) in [6, 6.07) is 2.55. The van der Waals surface area contributed by atoms with E-state index in [1.54, 1.807) is 6.20 Å². The number of hydrogen-bond acceptors (Lipinski definition) is 4. The molecule has 0 radical (unpaired) electrons. The van der Waals surface area contributed by atoms with E-state index in [0.717, 1.165) is 24.8 Å². The van der Waals surface area contributed by atoms with Crippen molar-refractivity contribution in [2.45, 2.75) is 12.5 Å². The second-order valence-electron chi connectivity index (χ2n) is 5.07. The summed E-state index contributed by atoms with van der Waals surface area (Å²) in [4.78, 5) is 9.13. The molecule has 1 aromatic rings. The van der Waals surface area contributed by atoms with Gasteiger partial charge in [-0.05, 0) is 25.9 Å². The highest BCUT2D eigenvalue weighted by molar-refractivity contribution is 6.32. The Balaban J connectivity index is 1.80. The van der Waals surface area contributed by atoms with Crippen LogP contribution in [0.15, 0.2) is 12.3 Å². The third kappa shape index (κ3) is 1.85. The van der Waals surface area contributed by atoms with E-state index in [9.17, 15) is 0 Å². The Bertz CT molecular complexity index is 437. The molecule has 2 aliphatic heterocycles. The monoisotopic (exact) mass is 252 g/mol. The van der Waals surface area contributed by atoms with Crippen molar-refractivity contribution in [3.63, 3.8) is 0 Å². The van der Waals surface area contributed by atoms with E-state index >= 15 is 0 Å². The molecule has 3 rings (SSSR count). The van der Waals surface area contributed by atoms with Gasteiger partial charge in [0.05, 0.1) is 10.7 Å². The number of nitrogen functional groups attached to an aromatic ring is 1. The topological polar surface area (TPSA) is 45.4 Å². The molecule has 1 aromatic heterocycles. The largest absolute Gasteiger partial charge is 0.397 e. The minimum Gasteiger partial charge on any atom is -0.397 e. The van der Waals surface area contributed by atoms with Crippen LogP contribution >= 0.6 is 11.6 Å². The van der Waals surface area contributed by atoms with Crippen LogP contribution in [0.3, 0.4) is 0 Å². The average Bonchev–Trinajstić information content (AvgIpc) is 2.86. The van der Waals surface area contributed by atoms with Gasteiger partial charge in [-0.1, -0.05) is 11.6 Å². The van der Waals surface area contributed by atoms with E-state index < -0.39 is 0 Å². The SMILES string of the molecule is CN1CCC2CN(c3cc(N)c(Cl)cn3)CC21. The van der Waals surface area contributed by atoms with E-state index in [1.165, 1.54) is 13.0 Å². The van der Waals surface area contributed by atoms with Crippen LogP contribution in [0.1, 0.15) is 6.42 Å². The molecule has 2 fully saturated rings. The number of anilines is 2. The lowest BCUT2D eigenvalue weighted by molar-refractivity contribution is 0.310. The Morgan fingerprint density at radius 2 is 2.29 bits per heavy atom. The van der Waals surface area contributed by atoms with Crippen molar-refractivity contribution in [3.8, 4) is 0 Å². The Hall–Kier alpha value is -1.00. The minimum atomic E-state index is 0.533. The molecule has 17 heavy (non-hydrogen) atoms. The van der Waals surface area contributed by atoms with Crippen LogP contribution in [0, 0.1) is 5.92 Å². The fourth-order valence-corrected chi connectivity index (χ4v) is 3.08. The Morgan fingerprint density at radius 3 is 3.00 bits per heavy atom. The van der Waals surface area contributed by atoms with Crippen molar-refractivity contribution in [3.05, 3.63) is 17.3 Å². The molecular formula is C12H17ClN4. The van der Waals surface area contributed by atoms with Gasteiger partial charge < -0.3 is 15.5 Å². The maximum atomic E-state index is 5.89. The molecule has 2 atom stereocenters. The minimum absolute atomic E-state index is 0.533. The number of nitrogens with zero attached hydrogens (tertiary/aromatic N) is 3. The average molecular weight is 253 g/mol. The normalized spacial score (nSPS) is 28.7. The van der Waals surface area contributed by atoms with Crippen molar-refractivity contribution in [2.75, 3.05) is 37.3 Å². The molecule has 0 saturated carbocycles. The number of fused-ring (bicyclic) bond motifs is 1. The number of likely N-dealkylation sites (N-methyl/N-ethyl adjacent to an activating group) is 1. The van der Waals surface area contributed by atoms with Crippen LogP contribution in [-0.2, 0) is 0 Å². The van der Waals surface area contributed by atoms with Gasteiger partial charge in [0.25, 0.3) is 0 Å². The van der Waals surface area contributed by atoms with E-state index in [0.29, 0.717) is 16.8 Å².